The molecule has 0 saturated heterocycles. The number of hydrogen-bond donors (Lipinski definition) is 1. The lowest BCUT2D eigenvalue weighted by Gasteiger charge is -2.21. The molecule has 18 heavy (non-hydrogen) atoms. The number of nitrogens with zero attached hydrogens (tertiary/aromatic N) is 1. The summed E-state index contributed by atoms with van der Waals surface area (Å²) < 4.78 is 0. The van der Waals surface area contributed by atoms with E-state index in [1.54, 1.807) is 0 Å². The molecular formula is C16H20N2. The van der Waals surface area contributed by atoms with E-state index in [-0.39, 0.29) is 0 Å². The van der Waals surface area contributed by atoms with E-state index in [0.29, 0.717) is 6.04 Å². The molecular weight excluding hydrogens is 220 g/mol. The molecule has 2 nitrogen and oxygen atoms in total. The van der Waals surface area contributed by atoms with Gasteiger partial charge in [-0.1, -0.05) is 24.3 Å². The summed E-state index contributed by atoms with van der Waals surface area (Å²) in [7, 11) is 0. The molecule has 0 heterocycles. The number of nitriles is 1. The summed E-state index contributed by atoms with van der Waals surface area (Å²) in [6, 6.07) is 10.4. The van der Waals surface area contributed by atoms with Crippen LogP contribution in [0.3, 0.4) is 0 Å². The second-order valence-corrected chi connectivity index (χ2v) is 5.02. The van der Waals surface area contributed by atoms with Crippen LogP contribution in [0.1, 0.15) is 43.4 Å². The van der Waals surface area contributed by atoms with Gasteiger partial charge in [-0.15, -0.1) is 0 Å². The fourth-order valence-corrected chi connectivity index (χ4v) is 2.38. The maximum atomic E-state index is 8.90. The Morgan fingerprint density at radius 3 is 3.06 bits per heavy atom. The molecule has 0 amide bonds. The molecule has 1 aromatic rings. The highest BCUT2D eigenvalue weighted by molar-refractivity contribution is 5.34. The van der Waals surface area contributed by atoms with Gasteiger partial charge in [0.25, 0.3) is 0 Å². The lowest BCUT2D eigenvalue weighted by Crippen LogP contribution is -2.26. The van der Waals surface area contributed by atoms with Gasteiger partial charge in [-0.05, 0) is 56.3 Å². The highest BCUT2D eigenvalue weighted by Gasteiger charge is 2.12. The minimum Gasteiger partial charge on any atom is -0.310 e. The number of allylic oxidation sites excluding steroid dienone is 2. The summed E-state index contributed by atoms with van der Waals surface area (Å²) >= 11 is 0. The Kier molecular flexibility index (Phi) is 4.55. The normalized spacial score (nSPS) is 20.3. The van der Waals surface area contributed by atoms with Crippen LogP contribution in [0.25, 0.3) is 0 Å². The monoisotopic (exact) mass is 240 g/mol. The third kappa shape index (κ3) is 3.45. The molecule has 2 heteroatoms. The smallest absolute Gasteiger partial charge is 0.0991 e. The van der Waals surface area contributed by atoms with Crippen LogP contribution < -0.4 is 5.32 Å². The zero-order chi connectivity index (χ0) is 12.8. The second kappa shape index (κ2) is 6.37. The van der Waals surface area contributed by atoms with Gasteiger partial charge >= 0.3 is 0 Å². The average molecular weight is 240 g/mol. The molecule has 0 spiro atoms. The number of nitrogens with one attached hydrogen (secondary N) is 1. The molecule has 1 aliphatic carbocycles. The number of rotatable bonds is 4. The predicted molar refractivity (Wildman–Crippen MR) is 74.1 cm³/mol. The first kappa shape index (κ1) is 12.9. The van der Waals surface area contributed by atoms with Gasteiger partial charge in [-0.3, -0.25) is 0 Å². The van der Waals surface area contributed by atoms with Crippen molar-refractivity contribution in [2.75, 3.05) is 6.54 Å². The first-order chi connectivity index (χ1) is 8.79. The summed E-state index contributed by atoms with van der Waals surface area (Å²) in [6.07, 6.45) is 8.25. The topological polar surface area (TPSA) is 35.8 Å². The van der Waals surface area contributed by atoms with Crippen LogP contribution in [0.5, 0.6) is 0 Å². The molecule has 1 aromatic carbocycles. The maximum Gasteiger partial charge on any atom is 0.0991 e. The molecule has 0 aromatic heterocycles. The third-order valence-corrected chi connectivity index (χ3v) is 3.61. The highest BCUT2D eigenvalue weighted by Crippen LogP contribution is 2.19. The van der Waals surface area contributed by atoms with E-state index in [1.807, 2.05) is 18.2 Å². The minimum absolute atomic E-state index is 0.309. The Morgan fingerprint density at radius 1 is 1.44 bits per heavy atom. The van der Waals surface area contributed by atoms with Crippen LogP contribution in [0.2, 0.25) is 0 Å². The molecule has 0 bridgehead atoms. The zero-order valence-corrected chi connectivity index (χ0v) is 10.9. The lowest BCUT2D eigenvalue weighted by molar-refractivity contribution is 0.415. The van der Waals surface area contributed by atoms with Gasteiger partial charge in [0.1, 0.15) is 0 Å². The van der Waals surface area contributed by atoms with E-state index >= 15 is 0 Å². The molecule has 0 radical (unpaired) electrons. The first-order valence-electron chi connectivity index (χ1n) is 6.68. The van der Waals surface area contributed by atoms with Gasteiger partial charge in [0, 0.05) is 6.04 Å². The Balaban J connectivity index is 1.89. The van der Waals surface area contributed by atoms with Gasteiger partial charge in [0.15, 0.2) is 0 Å². The number of hydrogen-bond acceptors (Lipinski definition) is 2. The summed E-state index contributed by atoms with van der Waals surface area (Å²) in [5.41, 5.74) is 1.93. The molecule has 0 saturated carbocycles. The Morgan fingerprint density at radius 2 is 2.33 bits per heavy atom. The SMILES string of the molecule is CC(NCC1CC=CCC1)c1cccc(C#N)c1. The maximum absolute atomic E-state index is 8.90. The lowest BCUT2D eigenvalue weighted by atomic mass is 9.94. The van der Waals surface area contributed by atoms with E-state index in [0.717, 1.165) is 18.0 Å². The standard InChI is InChI=1S/C16H20N2/c1-13(16-9-5-8-15(10-16)11-17)18-12-14-6-3-2-4-7-14/h2-3,5,8-10,13-14,18H,4,6-7,12H2,1H3. The van der Waals surface area contributed by atoms with E-state index in [4.69, 9.17) is 5.26 Å². The van der Waals surface area contributed by atoms with Crippen LogP contribution in [0.15, 0.2) is 36.4 Å². The summed E-state index contributed by atoms with van der Waals surface area (Å²) in [4.78, 5) is 0. The quantitative estimate of drug-likeness (QED) is 0.817. The van der Waals surface area contributed by atoms with Crippen molar-refractivity contribution in [1.29, 1.82) is 5.26 Å². The predicted octanol–water partition coefficient (Wildman–Crippen LogP) is 3.57. The Labute approximate surface area is 109 Å². The molecule has 2 unspecified atom stereocenters. The summed E-state index contributed by atoms with van der Waals surface area (Å²) in [6.45, 7) is 3.22. The molecule has 1 aliphatic rings. The summed E-state index contributed by atoms with van der Waals surface area (Å²) in [5, 5.41) is 12.5. The fraction of sp³-hybridized carbons (Fsp3) is 0.438. The molecule has 2 atom stereocenters. The van der Waals surface area contributed by atoms with Gasteiger partial charge in [-0.25, -0.2) is 0 Å². The van der Waals surface area contributed by atoms with Crippen LogP contribution in [0.4, 0.5) is 0 Å². The van der Waals surface area contributed by atoms with Crippen LogP contribution in [-0.4, -0.2) is 6.54 Å². The first-order valence-corrected chi connectivity index (χ1v) is 6.68. The minimum atomic E-state index is 0.309. The number of benzene rings is 1. The molecule has 2 rings (SSSR count). The van der Waals surface area contributed by atoms with Crippen molar-refractivity contribution in [3.8, 4) is 6.07 Å². The van der Waals surface area contributed by atoms with Crippen molar-refractivity contribution < 1.29 is 0 Å². The van der Waals surface area contributed by atoms with E-state index < -0.39 is 0 Å². The van der Waals surface area contributed by atoms with E-state index in [9.17, 15) is 0 Å². The van der Waals surface area contributed by atoms with Crippen LogP contribution in [-0.2, 0) is 0 Å². The zero-order valence-electron chi connectivity index (χ0n) is 10.9. The molecule has 0 fully saturated rings. The largest absolute Gasteiger partial charge is 0.310 e. The fourth-order valence-electron chi connectivity index (χ4n) is 2.38. The van der Waals surface area contributed by atoms with E-state index in [2.05, 4.69) is 36.5 Å². The average Bonchev–Trinajstić information content (AvgIpc) is 2.46. The molecule has 1 N–H and O–H groups in total. The molecule has 0 aliphatic heterocycles. The van der Waals surface area contributed by atoms with Crippen molar-refractivity contribution in [2.24, 2.45) is 5.92 Å². The van der Waals surface area contributed by atoms with Gasteiger partial charge in [-0.2, -0.15) is 5.26 Å². The Hall–Kier alpha value is -1.59. The second-order valence-electron chi connectivity index (χ2n) is 5.02. The van der Waals surface area contributed by atoms with Crippen LogP contribution >= 0.6 is 0 Å². The van der Waals surface area contributed by atoms with Gasteiger partial charge < -0.3 is 5.32 Å². The van der Waals surface area contributed by atoms with E-state index in [1.165, 1.54) is 24.8 Å². The summed E-state index contributed by atoms with van der Waals surface area (Å²) in [5.74, 6) is 0.761. The van der Waals surface area contributed by atoms with Gasteiger partial charge in [0.05, 0.1) is 11.6 Å². The Bertz CT molecular complexity index is 456. The van der Waals surface area contributed by atoms with Crippen molar-refractivity contribution in [1.82, 2.24) is 5.32 Å². The van der Waals surface area contributed by atoms with Crippen molar-refractivity contribution >= 4 is 0 Å². The van der Waals surface area contributed by atoms with Crippen molar-refractivity contribution in [2.45, 2.75) is 32.2 Å². The van der Waals surface area contributed by atoms with Crippen LogP contribution in [0, 0.1) is 17.2 Å². The third-order valence-electron chi connectivity index (χ3n) is 3.61. The molecule has 94 valence electrons. The highest BCUT2D eigenvalue weighted by atomic mass is 14.9. The van der Waals surface area contributed by atoms with Crippen molar-refractivity contribution in [3.63, 3.8) is 0 Å². The van der Waals surface area contributed by atoms with Crippen molar-refractivity contribution in [3.05, 3.63) is 47.5 Å². The van der Waals surface area contributed by atoms with Gasteiger partial charge in [0.2, 0.25) is 0 Å².